The van der Waals surface area contributed by atoms with Crippen LogP contribution in [-0.4, -0.2) is 50.4 Å². The smallest absolute Gasteiger partial charge is 0.119 e. The Balaban J connectivity index is 2.10. The summed E-state index contributed by atoms with van der Waals surface area (Å²) in [6, 6.07) is 12.9. The summed E-state index contributed by atoms with van der Waals surface area (Å²) < 4.78 is 5.27. The molecule has 0 bridgehead atoms. The summed E-state index contributed by atoms with van der Waals surface area (Å²) in [6.07, 6.45) is 0.625. The highest BCUT2D eigenvalue weighted by atomic mass is 16.5. The van der Waals surface area contributed by atoms with Gasteiger partial charge in [-0.1, -0.05) is 25.1 Å². The van der Waals surface area contributed by atoms with E-state index in [-0.39, 0.29) is 12.1 Å². The fraction of sp³-hybridized carbons (Fsp3) is 0.474. The summed E-state index contributed by atoms with van der Waals surface area (Å²) in [5.74, 6) is 0.877. The number of nitrogens with one attached hydrogen (secondary N) is 1. The highest BCUT2D eigenvalue weighted by Gasteiger charge is 2.12. The maximum absolute atomic E-state index is 10.0. The van der Waals surface area contributed by atoms with Gasteiger partial charge in [-0.3, -0.25) is 0 Å². The molecule has 2 aromatic carbocycles. The Morgan fingerprint density at radius 2 is 1.83 bits per heavy atom. The fourth-order valence-electron chi connectivity index (χ4n) is 2.85. The van der Waals surface area contributed by atoms with E-state index in [1.165, 1.54) is 16.3 Å². The van der Waals surface area contributed by atoms with Crippen LogP contribution in [0.2, 0.25) is 0 Å². The third-order valence-corrected chi connectivity index (χ3v) is 4.06. The third kappa shape index (κ3) is 4.93. The quantitative estimate of drug-likeness (QED) is 0.786. The summed E-state index contributed by atoms with van der Waals surface area (Å²) >= 11 is 0. The van der Waals surface area contributed by atoms with Crippen LogP contribution in [0.15, 0.2) is 36.4 Å². The van der Waals surface area contributed by atoms with Crippen molar-refractivity contribution in [3.05, 3.63) is 42.0 Å². The van der Waals surface area contributed by atoms with E-state index in [0.717, 1.165) is 12.2 Å². The molecule has 0 aliphatic rings. The molecule has 0 amide bonds. The Morgan fingerprint density at radius 3 is 2.48 bits per heavy atom. The Labute approximate surface area is 139 Å². The predicted molar refractivity (Wildman–Crippen MR) is 96.1 cm³/mol. The maximum atomic E-state index is 10.0. The second kappa shape index (κ2) is 8.29. The number of aliphatic hydroxyl groups is 1. The molecule has 2 rings (SSSR count). The second-order valence-corrected chi connectivity index (χ2v) is 6.26. The summed E-state index contributed by atoms with van der Waals surface area (Å²) in [5.41, 5.74) is 1.25. The summed E-state index contributed by atoms with van der Waals surface area (Å²) in [7, 11) is 5.63. The van der Waals surface area contributed by atoms with Crippen molar-refractivity contribution in [1.29, 1.82) is 0 Å². The zero-order valence-corrected chi connectivity index (χ0v) is 14.5. The number of nitrogens with zero attached hydrogens (tertiary/aromatic N) is 1. The average molecular weight is 316 g/mol. The number of hydrogen-bond acceptors (Lipinski definition) is 4. The van der Waals surface area contributed by atoms with Crippen LogP contribution in [0.3, 0.4) is 0 Å². The molecule has 0 spiro atoms. The van der Waals surface area contributed by atoms with Gasteiger partial charge in [-0.15, -0.1) is 0 Å². The Morgan fingerprint density at radius 1 is 1.13 bits per heavy atom. The minimum absolute atomic E-state index is 0.248. The van der Waals surface area contributed by atoms with Crippen molar-refractivity contribution in [1.82, 2.24) is 10.2 Å². The Hall–Kier alpha value is -1.62. The zero-order chi connectivity index (χ0) is 16.8. The van der Waals surface area contributed by atoms with Gasteiger partial charge in [0.25, 0.3) is 0 Å². The van der Waals surface area contributed by atoms with Crippen LogP contribution in [0.1, 0.15) is 24.9 Å². The number of rotatable bonds is 8. The average Bonchev–Trinajstić information content (AvgIpc) is 2.54. The van der Waals surface area contributed by atoms with E-state index < -0.39 is 0 Å². The van der Waals surface area contributed by atoms with Crippen LogP contribution < -0.4 is 10.1 Å². The topological polar surface area (TPSA) is 44.7 Å². The van der Waals surface area contributed by atoms with Gasteiger partial charge < -0.3 is 20.1 Å². The molecule has 4 heteroatoms. The highest BCUT2D eigenvalue weighted by Crippen LogP contribution is 2.25. The molecule has 0 radical (unpaired) electrons. The van der Waals surface area contributed by atoms with Crippen molar-refractivity contribution in [3.8, 4) is 5.75 Å². The van der Waals surface area contributed by atoms with Crippen LogP contribution in [0, 0.1) is 0 Å². The number of aliphatic hydroxyl groups excluding tert-OH is 1. The van der Waals surface area contributed by atoms with Crippen molar-refractivity contribution >= 4 is 10.8 Å². The number of likely N-dealkylation sites (N-methyl/N-ethyl adjacent to an activating group) is 1. The Kier molecular flexibility index (Phi) is 6.39. The molecular formula is C19H28N2O2. The van der Waals surface area contributed by atoms with Gasteiger partial charge in [0.2, 0.25) is 0 Å². The van der Waals surface area contributed by atoms with Crippen LogP contribution in [0.4, 0.5) is 0 Å². The first-order valence-electron chi connectivity index (χ1n) is 8.17. The normalized spacial score (nSPS) is 14.2. The number of ether oxygens (including phenoxy) is 1. The number of hydrogen-bond donors (Lipinski definition) is 2. The second-order valence-electron chi connectivity index (χ2n) is 6.26. The molecule has 2 atom stereocenters. The minimum Gasteiger partial charge on any atom is -0.497 e. The van der Waals surface area contributed by atoms with Crippen LogP contribution >= 0.6 is 0 Å². The van der Waals surface area contributed by atoms with E-state index in [4.69, 9.17) is 4.74 Å². The van der Waals surface area contributed by atoms with E-state index in [1.54, 1.807) is 7.11 Å². The standard InChI is InChI=1S/C19H28N2O2/c1-5-19(20-12-17(22)13-21(2)3)16-7-6-15-11-18(23-4)9-8-14(15)10-16/h6-11,17,19-20,22H,5,12-13H2,1-4H3. The summed E-state index contributed by atoms with van der Waals surface area (Å²) in [5, 5.41) is 15.9. The molecule has 0 saturated carbocycles. The van der Waals surface area contributed by atoms with Gasteiger partial charge in [0.1, 0.15) is 5.75 Å². The lowest BCUT2D eigenvalue weighted by molar-refractivity contribution is 0.131. The third-order valence-electron chi connectivity index (χ3n) is 4.06. The first-order chi connectivity index (χ1) is 11.0. The SMILES string of the molecule is CCC(NCC(O)CN(C)C)c1ccc2cc(OC)ccc2c1. The van der Waals surface area contributed by atoms with Gasteiger partial charge >= 0.3 is 0 Å². The van der Waals surface area contributed by atoms with Crippen molar-refractivity contribution in [2.24, 2.45) is 0 Å². The molecule has 126 valence electrons. The predicted octanol–water partition coefficient (Wildman–Crippen LogP) is 2.81. The van der Waals surface area contributed by atoms with Gasteiger partial charge in [0.15, 0.2) is 0 Å². The molecule has 4 nitrogen and oxygen atoms in total. The molecule has 0 fully saturated rings. The van der Waals surface area contributed by atoms with Crippen molar-refractivity contribution in [3.63, 3.8) is 0 Å². The van der Waals surface area contributed by atoms with Gasteiger partial charge in [-0.25, -0.2) is 0 Å². The first-order valence-corrected chi connectivity index (χ1v) is 8.17. The molecule has 2 N–H and O–H groups in total. The monoisotopic (exact) mass is 316 g/mol. The summed E-state index contributed by atoms with van der Waals surface area (Å²) in [6.45, 7) is 3.42. The molecule has 0 aliphatic carbocycles. The van der Waals surface area contributed by atoms with Crippen LogP contribution in [0.5, 0.6) is 5.75 Å². The lowest BCUT2D eigenvalue weighted by atomic mass is 10.00. The number of methoxy groups -OCH3 is 1. The molecule has 23 heavy (non-hydrogen) atoms. The fourth-order valence-corrected chi connectivity index (χ4v) is 2.85. The van der Waals surface area contributed by atoms with E-state index in [1.807, 2.05) is 31.1 Å². The highest BCUT2D eigenvalue weighted by molar-refractivity contribution is 5.84. The minimum atomic E-state index is -0.358. The first kappa shape index (κ1) is 17.7. The van der Waals surface area contributed by atoms with Gasteiger partial charge in [0, 0.05) is 19.1 Å². The lowest BCUT2D eigenvalue weighted by Gasteiger charge is -2.22. The van der Waals surface area contributed by atoms with E-state index in [9.17, 15) is 5.11 Å². The molecule has 0 saturated heterocycles. The maximum Gasteiger partial charge on any atom is 0.119 e. The molecule has 2 unspecified atom stereocenters. The number of benzene rings is 2. The molecule has 0 aliphatic heterocycles. The van der Waals surface area contributed by atoms with Gasteiger partial charge in [-0.05, 0) is 55.1 Å². The van der Waals surface area contributed by atoms with Crippen molar-refractivity contribution in [2.45, 2.75) is 25.5 Å². The molecule has 2 aromatic rings. The van der Waals surface area contributed by atoms with E-state index in [2.05, 4.69) is 36.5 Å². The van der Waals surface area contributed by atoms with Crippen LogP contribution in [0.25, 0.3) is 10.8 Å². The van der Waals surface area contributed by atoms with Gasteiger partial charge in [-0.2, -0.15) is 0 Å². The molecular weight excluding hydrogens is 288 g/mol. The van der Waals surface area contributed by atoms with Gasteiger partial charge in [0.05, 0.1) is 13.2 Å². The molecule has 0 heterocycles. The van der Waals surface area contributed by atoms with E-state index >= 15 is 0 Å². The number of fused-ring (bicyclic) bond motifs is 1. The molecule has 0 aromatic heterocycles. The lowest BCUT2D eigenvalue weighted by Crippen LogP contribution is -2.36. The summed E-state index contributed by atoms with van der Waals surface area (Å²) in [4.78, 5) is 2.00. The van der Waals surface area contributed by atoms with E-state index in [0.29, 0.717) is 13.1 Å². The Bertz CT molecular complexity index is 628. The van der Waals surface area contributed by atoms with Crippen molar-refractivity contribution in [2.75, 3.05) is 34.3 Å². The largest absolute Gasteiger partial charge is 0.497 e. The van der Waals surface area contributed by atoms with Crippen molar-refractivity contribution < 1.29 is 9.84 Å². The zero-order valence-electron chi connectivity index (χ0n) is 14.5. The van der Waals surface area contributed by atoms with Crippen LogP contribution in [-0.2, 0) is 0 Å².